The maximum absolute atomic E-state index is 13.2. The molecule has 0 amide bonds. The van der Waals surface area contributed by atoms with Gasteiger partial charge in [-0.15, -0.1) is 0 Å². The van der Waals surface area contributed by atoms with Gasteiger partial charge in [0, 0.05) is 6.54 Å². The molecule has 0 bridgehead atoms. The minimum atomic E-state index is -3.58. The van der Waals surface area contributed by atoms with E-state index in [1.165, 1.54) is 0 Å². The second kappa shape index (κ2) is 5.83. The zero-order chi connectivity index (χ0) is 16.7. The predicted molar refractivity (Wildman–Crippen MR) is 85.9 cm³/mol. The van der Waals surface area contributed by atoms with Gasteiger partial charge in [-0.25, -0.2) is 8.42 Å². The maximum Gasteiger partial charge on any atom is 0.244 e. The van der Waals surface area contributed by atoms with Crippen molar-refractivity contribution in [2.45, 2.75) is 51.2 Å². The highest BCUT2D eigenvalue weighted by molar-refractivity contribution is 7.89. The van der Waals surface area contributed by atoms with Crippen LogP contribution in [0.3, 0.4) is 0 Å². The number of aryl methyl sites for hydroxylation is 2. The Morgan fingerprint density at radius 3 is 2.50 bits per heavy atom. The first-order valence-corrected chi connectivity index (χ1v) is 8.83. The highest BCUT2D eigenvalue weighted by Crippen LogP contribution is 2.33. The van der Waals surface area contributed by atoms with Crippen LogP contribution in [-0.4, -0.2) is 44.6 Å². The third-order valence-electron chi connectivity index (χ3n) is 4.08. The number of sulfonamides is 1. The van der Waals surface area contributed by atoms with Gasteiger partial charge in [0.1, 0.15) is 5.75 Å². The molecule has 6 heteroatoms. The number of nitrogens with zero attached hydrogens (tertiary/aromatic N) is 1. The highest BCUT2D eigenvalue weighted by Gasteiger charge is 2.42. The van der Waals surface area contributed by atoms with E-state index in [1.54, 1.807) is 30.5 Å². The Morgan fingerprint density at radius 2 is 1.91 bits per heavy atom. The SMILES string of the molecule is COc1cc(C)c(S(=O)(=O)N2CC(C)OCC2(C)C)cc1C. The van der Waals surface area contributed by atoms with Crippen molar-refractivity contribution in [2.24, 2.45) is 0 Å². The molecule has 0 saturated carbocycles. The minimum Gasteiger partial charge on any atom is -0.496 e. The molecule has 5 nitrogen and oxygen atoms in total. The molecule has 1 saturated heterocycles. The van der Waals surface area contributed by atoms with Gasteiger partial charge in [-0.1, -0.05) is 0 Å². The van der Waals surface area contributed by atoms with Crippen molar-refractivity contribution < 1.29 is 17.9 Å². The number of rotatable bonds is 3. The van der Waals surface area contributed by atoms with Crippen molar-refractivity contribution >= 4 is 10.0 Å². The molecule has 1 aliphatic rings. The summed E-state index contributed by atoms with van der Waals surface area (Å²) in [6, 6.07) is 3.47. The Hall–Kier alpha value is -1.11. The highest BCUT2D eigenvalue weighted by atomic mass is 32.2. The standard InChI is InChI=1S/C16H25NO4S/c1-11-8-15(12(2)7-14(11)20-6)22(18,19)17-9-13(3)21-10-16(17,4)5/h7-8,13H,9-10H2,1-6H3. The molecule has 1 aromatic carbocycles. The van der Waals surface area contributed by atoms with E-state index in [1.807, 2.05) is 27.7 Å². The van der Waals surface area contributed by atoms with Crippen molar-refractivity contribution in [1.82, 2.24) is 4.31 Å². The topological polar surface area (TPSA) is 55.8 Å². The first-order valence-electron chi connectivity index (χ1n) is 7.39. The molecule has 2 rings (SSSR count). The van der Waals surface area contributed by atoms with E-state index >= 15 is 0 Å². The number of morpholine rings is 1. The van der Waals surface area contributed by atoms with E-state index in [9.17, 15) is 8.42 Å². The van der Waals surface area contributed by atoms with Crippen LogP contribution in [0.1, 0.15) is 31.9 Å². The summed E-state index contributed by atoms with van der Waals surface area (Å²) in [7, 11) is -2.00. The Morgan fingerprint density at radius 1 is 1.27 bits per heavy atom. The summed E-state index contributed by atoms with van der Waals surface area (Å²) in [6.07, 6.45) is -0.109. The Bertz CT molecular complexity index is 667. The van der Waals surface area contributed by atoms with E-state index in [2.05, 4.69) is 0 Å². The third kappa shape index (κ3) is 3.00. The number of methoxy groups -OCH3 is 1. The van der Waals surface area contributed by atoms with Crippen LogP contribution < -0.4 is 4.74 Å². The summed E-state index contributed by atoms with van der Waals surface area (Å²) in [5, 5.41) is 0. The number of benzene rings is 1. The lowest BCUT2D eigenvalue weighted by atomic mass is 10.1. The molecular formula is C16H25NO4S. The molecule has 1 atom stereocenters. The van der Waals surface area contributed by atoms with Gasteiger partial charge in [0.2, 0.25) is 10.0 Å². The fourth-order valence-electron chi connectivity index (χ4n) is 2.75. The van der Waals surface area contributed by atoms with Gasteiger partial charge < -0.3 is 9.47 Å². The number of hydrogen-bond donors (Lipinski definition) is 0. The van der Waals surface area contributed by atoms with E-state index in [-0.39, 0.29) is 6.10 Å². The first-order chi connectivity index (χ1) is 10.1. The summed E-state index contributed by atoms with van der Waals surface area (Å²) in [6.45, 7) is 10.1. The van der Waals surface area contributed by atoms with Crippen LogP contribution in [0.2, 0.25) is 0 Å². The Balaban J connectivity index is 2.52. The lowest BCUT2D eigenvalue weighted by Crippen LogP contribution is -2.57. The fraction of sp³-hybridized carbons (Fsp3) is 0.625. The van der Waals surface area contributed by atoms with E-state index in [0.717, 1.165) is 5.56 Å². The summed E-state index contributed by atoms with van der Waals surface area (Å²) in [4.78, 5) is 0.341. The second-order valence-corrected chi connectivity index (χ2v) is 8.39. The van der Waals surface area contributed by atoms with Gasteiger partial charge in [-0.2, -0.15) is 4.31 Å². The monoisotopic (exact) mass is 327 g/mol. The van der Waals surface area contributed by atoms with Crippen molar-refractivity contribution in [2.75, 3.05) is 20.3 Å². The quantitative estimate of drug-likeness (QED) is 0.856. The van der Waals surface area contributed by atoms with Gasteiger partial charge in [-0.3, -0.25) is 0 Å². The summed E-state index contributed by atoms with van der Waals surface area (Å²) in [5.41, 5.74) is 0.939. The molecule has 1 heterocycles. The smallest absolute Gasteiger partial charge is 0.244 e. The number of hydrogen-bond acceptors (Lipinski definition) is 4. The second-order valence-electron chi connectivity index (χ2n) is 6.56. The predicted octanol–water partition coefficient (Wildman–Crippen LogP) is 2.50. The van der Waals surface area contributed by atoms with Gasteiger partial charge in [0.05, 0.1) is 30.3 Å². The molecule has 1 aromatic rings. The maximum atomic E-state index is 13.2. The van der Waals surface area contributed by atoms with Gasteiger partial charge in [0.15, 0.2) is 0 Å². The summed E-state index contributed by atoms with van der Waals surface area (Å²) < 4.78 is 38.7. The van der Waals surface area contributed by atoms with Crippen molar-refractivity contribution in [1.29, 1.82) is 0 Å². The van der Waals surface area contributed by atoms with Crippen molar-refractivity contribution in [3.05, 3.63) is 23.3 Å². The van der Waals surface area contributed by atoms with Gasteiger partial charge in [0.25, 0.3) is 0 Å². The zero-order valence-corrected chi connectivity index (χ0v) is 15.0. The van der Waals surface area contributed by atoms with Crippen LogP contribution in [0.5, 0.6) is 5.75 Å². The Kier molecular flexibility index (Phi) is 4.57. The summed E-state index contributed by atoms with van der Waals surface area (Å²) in [5.74, 6) is 0.700. The minimum absolute atomic E-state index is 0.109. The van der Waals surface area contributed by atoms with Crippen LogP contribution in [0.25, 0.3) is 0 Å². The molecule has 22 heavy (non-hydrogen) atoms. The molecular weight excluding hydrogens is 302 g/mol. The molecule has 0 radical (unpaired) electrons. The van der Waals surface area contributed by atoms with Crippen LogP contribution in [-0.2, 0) is 14.8 Å². The van der Waals surface area contributed by atoms with E-state index in [4.69, 9.17) is 9.47 Å². The average Bonchev–Trinajstić information content (AvgIpc) is 2.43. The first kappa shape index (κ1) is 17.2. The molecule has 1 unspecified atom stereocenters. The van der Waals surface area contributed by atoms with Crippen LogP contribution in [0.15, 0.2) is 17.0 Å². The van der Waals surface area contributed by atoms with Gasteiger partial charge in [-0.05, 0) is 57.9 Å². The van der Waals surface area contributed by atoms with Crippen LogP contribution in [0, 0.1) is 13.8 Å². The zero-order valence-electron chi connectivity index (χ0n) is 14.1. The Labute approximate surface area is 133 Å². The van der Waals surface area contributed by atoms with Crippen LogP contribution in [0.4, 0.5) is 0 Å². The van der Waals surface area contributed by atoms with Crippen LogP contribution >= 0.6 is 0 Å². The largest absolute Gasteiger partial charge is 0.496 e. The van der Waals surface area contributed by atoms with E-state index < -0.39 is 15.6 Å². The van der Waals surface area contributed by atoms with Gasteiger partial charge >= 0.3 is 0 Å². The average molecular weight is 327 g/mol. The third-order valence-corrected chi connectivity index (χ3v) is 6.30. The molecule has 1 fully saturated rings. The summed E-state index contributed by atoms with van der Waals surface area (Å²) >= 11 is 0. The normalized spacial score (nSPS) is 22.5. The number of ether oxygens (including phenoxy) is 2. The molecule has 0 aromatic heterocycles. The van der Waals surface area contributed by atoms with Crippen molar-refractivity contribution in [3.63, 3.8) is 0 Å². The van der Waals surface area contributed by atoms with E-state index in [0.29, 0.717) is 29.4 Å². The lowest BCUT2D eigenvalue weighted by molar-refractivity contribution is -0.0551. The molecule has 0 N–H and O–H groups in total. The molecule has 0 spiro atoms. The fourth-order valence-corrected chi connectivity index (χ4v) is 4.89. The van der Waals surface area contributed by atoms with Crippen molar-refractivity contribution in [3.8, 4) is 5.75 Å². The molecule has 0 aliphatic carbocycles. The lowest BCUT2D eigenvalue weighted by Gasteiger charge is -2.43. The molecule has 124 valence electrons. The molecule has 1 aliphatic heterocycles.